The van der Waals surface area contributed by atoms with E-state index in [0.717, 1.165) is 10.9 Å². The molecule has 2 saturated heterocycles. The van der Waals surface area contributed by atoms with Crippen LogP contribution in [0.15, 0.2) is 24.3 Å². The Morgan fingerprint density at radius 2 is 2.09 bits per heavy atom. The molecule has 5 rings (SSSR count). The second-order valence-corrected chi connectivity index (χ2v) is 10.4. The van der Waals surface area contributed by atoms with Crippen LogP contribution in [0.4, 0.5) is 0 Å². The zero-order chi connectivity index (χ0) is 25.1. The van der Waals surface area contributed by atoms with Crippen molar-refractivity contribution < 1.29 is 29.0 Å². The molecule has 3 fully saturated rings. The van der Waals surface area contributed by atoms with Crippen LogP contribution < -0.4 is 15.4 Å². The molecule has 1 aromatic heterocycles. The average Bonchev–Trinajstić information content (AvgIpc) is 3.33. The Bertz CT molecular complexity index is 1220. The number of carbonyl (C=O) groups is 4. The van der Waals surface area contributed by atoms with E-state index >= 15 is 0 Å². The molecule has 3 heterocycles. The fourth-order valence-electron chi connectivity index (χ4n) is 6.00. The number of methoxy groups -OCH3 is 1. The highest BCUT2D eigenvalue weighted by atomic mass is 16.5. The number of carbonyl (C=O) groups excluding carboxylic acids is 3. The van der Waals surface area contributed by atoms with Crippen LogP contribution in [0.5, 0.6) is 5.75 Å². The first-order valence-electron chi connectivity index (χ1n) is 11.9. The Morgan fingerprint density at radius 3 is 2.74 bits per heavy atom. The number of carboxylic acids is 1. The molecule has 5 atom stereocenters. The van der Waals surface area contributed by atoms with Crippen LogP contribution in [0.25, 0.3) is 10.9 Å². The molecule has 1 saturated carbocycles. The number of aromatic amines is 1. The largest absolute Gasteiger partial charge is 0.496 e. The standard InChI is InChI=1S/C25H30N4O6/c1-25(2)14-11-29(23(32)16-10-13-15(27-16)5-4-6-18(13)35-3)20(19(14)25)22(31)28-17(24(33)34)9-12-7-8-26-21(12)30/h4-6,10,12,14,17,19-20,27H,7-9,11H2,1-3H3,(H,26,30)(H,28,31)(H,33,34)/t12-,14-,17-,19?,20-/m0/s1. The minimum Gasteiger partial charge on any atom is -0.496 e. The van der Waals surface area contributed by atoms with Crippen molar-refractivity contribution in [3.05, 3.63) is 30.0 Å². The molecule has 4 N–H and O–H groups in total. The number of ether oxygens (including phenoxy) is 1. The summed E-state index contributed by atoms with van der Waals surface area (Å²) in [7, 11) is 1.56. The summed E-state index contributed by atoms with van der Waals surface area (Å²) < 4.78 is 5.39. The molecule has 10 heteroatoms. The summed E-state index contributed by atoms with van der Waals surface area (Å²) >= 11 is 0. The maximum atomic E-state index is 13.6. The highest BCUT2D eigenvalue weighted by Gasteiger charge is 2.69. The molecule has 0 radical (unpaired) electrons. The van der Waals surface area contributed by atoms with Crippen molar-refractivity contribution in [2.24, 2.45) is 23.2 Å². The van der Waals surface area contributed by atoms with Crippen molar-refractivity contribution in [1.82, 2.24) is 20.5 Å². The van der Waals surface area contributed by atoms with Gasteiger partial charge in [0.2, 0.25) is 11.8 Å². The van der Waals surface area contributed by atoms with Crippen LogP contribution in [0.2, 0.25) is 0 Å². The lowest BCUT2D eigenvalue weighted by molar-refractivity contribution is -0.143. The number of hydrogen-bond acceptors (Lipinski definition) is 5. The van der Waals surface area contributed by atoms with Crippen LogP contribution in [0.3, 0.4) is 0 Å². The molecule has 3 amide bonds. The van der Waals surface area contributed by atoms with Gasteiger partial charge in [-0.2, -0.15) is 0 Å². The fraction of sp³-hybridized carbons (Fsp3) is 0.520. The monoisotopic (exact) mass is 482 g/mol. The maximum Gasteiger partial charge on any atom is 0.326 e. The molecule has 10 nitrogen and oxygen atoms in total. The highest BCUT2D eigenvalue weighted by molar-refractivity contribution is 6.02. The van der Waals surface area contributed by atoms with Gasteiger partial charge in [-0.25, -0.2) is 4.79 Å². The van der Waals surface area contributed by atoms with Crippen molar-refractivity contribution in [3.63, 3.8) is 0 Å². The van der Waals surface area contributed by atoms with Gasteiger partial charge in [0, 0.05) is 29.9 Å². The molecular formula is C25H30N4O6. The molecule has 0 spiro atoms. The Labute approximate surface area is 202 Å². The van der Waals surface area contributed by atoms with E-state index in [4.69, 9.17) is 4.74 Å². The molecule has 186 valence electrons. The SMILES string of the molecule is COc1cccc2[nH]c(C(=O)N3C[C@H]4C([C@H]3C(=O)N[C@@H](C[C@@H]3CCNC3=O)C(=O)O)C4(C)C)cc12. The zero-order valence-corrected chi connectivity index (χ0v) is 20.0. The number of aliphatic carboxylic acids is 1. The lowest BCUT2D eigenvalue weighted by Crippen LogP contribution is -2.54. The fourth-order valence-corrected chi connectivity index (χ4v) is 6.00. The minimum absolute atomic E-state index is 0.0207. The van der Waals surface area contributed by atoms with E-state index in [1.165, 1.54) is 0 Å². The summed E-state index contributed by atoms with van der Waals surface area (Å²) in [5.41, 5.74) is 0.977. The predicted octanol–water partition coefficient (Wildman–Crippen LogP) is 1.37. The van der Waals surface area contributed by atoms with Gasteiger partial charge in [-0.05, 0) is 48.3 Å². The molecule has 0 bridgehead atoms. The lowest BCUT2D eigenvalue weighted by Gasteiger charge is -2.30. The quantitative estimate of drug-likeness (QED) is 0.470. The number of aromatic nitrogens is 1. The molecule has 2 aliphatic heterocycles. The van der Waals surface area contributed by atoms with Crippen molar-refractivity contribution in [2.45, 2.75) is 38.8 Å². The second-order valence-electron chi connectivity index (χ2n) is 10.4. The number of hydrogen-bond donors (Lipinski definition) is 4. The minimum atomic E-state index is -1.20. The van der Waals surface area contributed by atoms with Crippen molar-refractivity contribution in [3.8, 4) is 5.75 Å². The van der Waals surface area contributed by atoms with Crippen molar-refractivity contribution in [2.75, 3.05) is 20.2 Å². The summed E-state index contributed by atoms with van der Waals surface area (Å²) in [4.78, 5) is 55.6. The molecule has 3 aliphatic rings. The van der Waals surface area contributed by atoms with Crippen LogP contribution in [0.1, 0.15) is 37.2 Å². The van der Waals surface area contributed by atoms with Gasteiger partial charge in [0.25, 0.3) is 5.91 Å². The summed E-state index contributed by atoms with van der Waals surface area (Å²) in [5.74, 6) is -1.91. The zero-order valence-electron chi connectivity index (χ0n) is 20.0. The molecule has 2 aromatic rings. The number of likely N-dealkylation sites (tertiary alicyclic amines) is 1. The number of nitrogens with zero attached hydrogens (tertiary/aromatic N) is 1. The van der Waals surface area contributed by atoms with Crippen LogP contribution in [0, 0.1) is 23.2 Å². The van der Waals surface area contributed by atoms with Crippen molar-refractivity contribution in [1.29, 1.82) is 0 Å². The Kier molecular flexibility index (Phi) is 5.49. The number of H-pyrrole nitrogens is 1. The van der Waals surface area contributed by atoms with E-state index in [2.05, 4.69) is 29.5 Å². The van der Waals surface area contributed by atoms with Gasteiger partial charge in [-0.3, -0.25) is 14.4 Å². The summed E-state index contributed by atoms with van der Waals surface area (Å²) in [6.45, 7) is 5.05. The number of amides is 3. The van der Waals surface area contributed by atoms with Crippen molar-refractivity contribution >= 4 is 34.6 Å². The predicted molar refractivity (Wildman–Crippen MR) is 126 cm³/mol. The van der Waals surface area contributed by atoms with Gasteiger partial charge < -0.3 is 30.4 Å². The highest BCUT2D eigenvalue weighted by Crippen LogP contribution is 2.65. The van der Waals surface area contributed by atoms with Crippen LogP contribution in [-0.2, 0) is 14.4 Å². The number of piperidine rings is 1. The average molecular weight is 483 g/mol. The van der Waals surface area contributed by atoms with E-state index in [0.29, 0.717) is 31.0 Å². The Balaban J connectivity index is 1.39. The number of fused-ring (bicyclic) bond motifs is 2. The van der Waals surface area contributed by atoms with E-state index in [9.17, 15) is 24.3 Å². The number of carboxylic acid groups (broad SMARTS) is 1. The first kappa shape index (κ1) is 23.2. The first-order chi connectivity index (χ1) is 16.6. The normalized spacial score (nSPS) is 27.3. The van der Waals surface area contributed by atoms with E-state index in [1.54, 1.807) is 18.1 Å². The summed E-state index contributed by atoms with van der Waals surface area (Å²) in [6, 6.07) is 5.22. The second kappa shape index (κ2) is 8.28. The number of rotatable bonds is 7. The van der Waals surface area contributed by atoms with Gasteiger partial charge in [-0.1, -0.05) is 19.9 Å². The van der Waals surface area contributed by atoms with E-state index < -0.39 is 29.9 Å². The summed E-state index contributed by atoms with van der Waals surface area (Å²) in [5, 5.41) is 15.8. The summed E-state index contributed by atoms with van der Waals surface area (Å²) in [6.07, 6.45) is 0.557. The number of nitrogens with one attached hydrogen (secondary N) is 3. The van der Waals surface area contributed by atoms with E-state index in [-0.39, 0.29) is 35.5 Å². The molecule has 1 unspecified atom stereocenters. The third kappa shape index (κ3) is 3.81. The van der Waals surface area contributed by atoms with Gasteiger partial charge in [-0.15, -0.1) is 0 Å². The smallest absolute Gasteiger partial charge is 0.326 e. The molecular weight excluding hydrogens is 452 g/mol. The molecule has 1 aliphatic carbocycles. The van der Waals surface area contributed by atoms with Gasteiger partial charge >= 0.3 is 5.97 Å². The third-order valence-corrected chi connectivity index (χ3v) is 8.11. The van der Waals surface area contributed by atoms with Gasteiger partial charge in [0.1, 0.15) is 23.5 Å². The third-order valence-electron chi connectivity index (χ3n) is 8.11. The van der Waals surface area contributed by atoms with Crippen LogP contribution >= 0.6 is 0 Å². The van der Waals surface area contributed by atoms with Gasteiger partial charge in [0.15, 0.2) is 0 Å². The molecule has 1 aromatic carbocycles. The maximum absolute atomic E-state index is 13.6. The Hall–Kier alpha value is -3.56. The molecule has 35 heavy (non-hydrogen) atoms. The van der Waals surface area contributed by atoms with Crippen LogP contribution in [-0.4, -0.2) is 71.0 Å². The number of benzene rings is 1. The Morgan fingerprint density at radius 1 is 1.31 bits per heavy atom. The first-order valence-corrected chi connectivity index (χ1v) is 11.9. The van der Waals surface area contributed by atoms with Gasteiger partial charge in [0.05, 0.1) is 7.11 Å². The van der Waals surface area contributed by atoms with E-state index in [1.807, 2.05) is 18.2 Å². The lowest BCUT2D eigenvalue weighted by atomic mass is 9.96. The topological polar surface area (TPSA) is 141 Å².